The van der Waals surface area contributed by atoms with Gasteiger partial charge in [-0.1, -0.05) is 12.1 Å². The van der Waals surface area contributed by atoms with Gasteiger partial charge >= 0.3 is 0 Å². The molecule has 1 spiro atoms. The van der Waals surface area contributed by atoms with Crippen molar-refractivity contribution >= 4 is 5.91 Å². The number of ether oxygens (including phenoxy) is 2. The van der Waals surface area contributed by atoms with Crippen LogP contribution in [-0.2, 0) is 10.2 Å². The Hall–Kier alpha value is -1.71. The molecule has 4 heteroatoms. The number of rotatable bonds is 1. The minimum Gasteiger partial charge on any atom is -0.493 e. The van der Waals surface area contributed by atoms with Crippen LogP contribution < -0.4 is 9.47 Å². The summed E-state index contributed by atoms with van der Waals surface area (Å²) in [4.78, 5) is 14.6. The zero-order valence-electron chi connectivity index (χ0n) is 12.6. The van der Waals surface area contributed by atoms with Gasteiger partial charge in [0.05, 0.1) is 13.0 Å². The first-order chi connectivity index (χ1) is 10.2. The molecule has 0 N–H and O–H groups in total. The zero-order valence-corrected chi connectivity index (χ0v) is 12.6. The topological polar surface area (TPSA) is 38.8 Å². The molecule has 1 saturated heterocycles. The first-order valence-corrected chi connectivity index (χ1v) is 7.77. The molecule has 2 aliphatic heterocycles. The highest BCUT2D eigenvalue weighted by molar-refractivity contribution is 5.83. The van der Waals surface area contributed by atoms with Crippen molar-refractivity contribution in [2.75, 3.05) is 20.7 Å². The minimum atomic E-state index is -0.133. The molecule has 112 valence electrons. The number of fused-ring (bicyclic) bond motifs is 1. The number of nitrogens with zero attached hydrogens (tertiary/aromatic N) is 1. The van der Waals surface area contributed by atoms with E-state index in [0.717, 1.165) is 43.7 Å². The van der Waals surface area contributed by atoms with Crippen LogP contribution in [0.3, 0.4) is 0 Å². The number of likely N-dealkylation sites (tertiary alicyclic amines) is 1. The van der Waals surface area contributed by atoms with Crippen LogP contribution in [0.1, 0.15) is 31.2 Å². The summed E-state index contributed by atoms with van der Waals surface area (Å²) in [6.07, 6.45) is 4.18. The molecule has 1 aliphatic carbocycles. The van der Waals surface area contributed by atoms with E-state index in [1.807, 2.05) is 24.1 Å². The zero-order chi connectivity index (χ0) is 14.6. The third-order valence-corrected chi connectivity index (χ3v) is 5.65. The molecule has 4 nitrogen and oxygen atoms in total. The predicted octanol–water partition coefficient (Wildman–Crippen LogP) is 2.36. The van der Waals surface area contributed by atoms with Crippen molar-refractivity contribution in [2.24, 2.45) is 5.92 Å². The van der Waals surface area contributed by atoms with Crippen molar-refractivity contribution < 1.29 is 14.3 Å². The van der Waals surface area contributed by atoms with Gasteiger partial charge in [-0.3, -0.25) is 4.79 Å². The van der Waals surface area contributed by atoms with E-state index < -0.39 is 0 Å². The second-order valence-electron chi connectivity index (χ2n) is 6.48. The summed E-state index contributed by atoms with van der Waals surface area (Å²) in [7, 11) is 3.59. The summed E-state index contributed by atoms with van der Waals surface area (Å²) in [6.45, 7) is 0.811. The van der Waals surface area contributed by atoms with Crippen LogP contribution in [-0.4, -0.2) is 37.6 Å². The number of para-hydroxylation sites is 1. The van der Waals surface area contributed by atoms with Gasteiger partial charge in [0.2, 0.25) is 5.91 Å². The Morgan fingerprint density at radius 3 is 3.05 bits per heavy atom. The van der Waals surface area contributed by atoms with Gasteiger partial charge in [0.1, 0.15) is 6.10 Å². The molecule has 2 fully saturated rings. The van der Waals surface area contributed by atoms with Gasteiger partial charge in [-0.2, -0.15) is 0 Å². The number of benzene rings is 1. The molecule has 21 heavy (non-hydrogen) atoms. The quantitative estimate of drug-likeness (QED) is 0.796. The third kappa shape index (κ3) is 1.53. The fourth-order valence-corrected chi connectivity index (χ4v) is 4.62. The summed E-state index contributed by atoms with van der Waals surface area (Å²) in [5, 5.41) is 0. The fraction of sp³-hybridized carbons (Fsp3) is 0.588. The largest absolute Gasteiger partial charge is 0.493 e. The molecule has 1 amide bonds. The molecule has 0 aromatic heterocycles. The van der Waals surface area contributed by atoms with Crippen molar-refractivity contribution in [3.63, 3.8) is 0 Å². The van der Waals surface area contributed by atoms with E-state index in [9.17, 15) is 4.79 Å². The molecule has 1 aromatic carbocycles. The van der Waals surface area contributed by atoms with Crippen LogP contribution in [0.25, 0.3) is 0 Å². The Balaban J connectivity index is 1.89. The molecule has 1 saturated carbocycles. The summed E-state index contributed by atoms with van der Waals surface area (Å²) >= 11 is 0. The average Bonchev–Trinajstić information content (AvgIpc) is 2.85. The highest BCUT2D eigenvalue weighted by atomic mass is 16.5. The Morgan fingerprint density at radius 2 is 2.24 bits per heavy atom. The lowest BCUT2D eigenvalue weighted by atomic mass is 9.58. The summed E-state index contributed by atoms with van der Waals surface area (Å²) < 4.78 is 11.7. The molecular weight excluding hydrogens is 266 g/mol. The predicted molar refractivity (Wildman–Crippen MR) is 78.7 cm³/mol. The standard InChI is InChI=1S/C17H21NO3/c1-18-10-9-17-11-5-3-7-13(20-2)15(11)21-14(17)8-4-6-12(17)16(18)19/h3,5,7,12,14H,4,6,8-10H2,1-2H3. The highest BCUT2D eigenvalue weighted by Crippen LogP contribution is 2.58. The van der Waals surface area contributed by atoms with Crippen molar-refractivity contribution in [1.29, 1.82) is 0 Å². The number of methoxy groups -OCH3 is 1. The highest BCUT2D eigenvalue weighted by Gasteiger charge is 2.60. The number of carbonyl (C=O) groups is 1. The second kappa shape index (κ2) is 4.39. The Labute approximate surface area is 125 Å². The Morgan fingerprint density at radius 1 is 1.38 bits per heavy atom. The maximum absolute atomic E-state index is 12.7. The maximum Gasteiger partial charge on any atom is 0.226 e. The molecule has 3 unspecified atom stereocenters. The summed E-state index contributed by atoms with van der Waals surface area (Å²) in [5.41, 5.74) is 1.06. The van der Waals surface area contributed by atoms with Crippen LogP contribution in [0, 0.1) is 5.92 Å². The van der Waals surface area contributed by atoms with Gasteiger partial charge in [0, 0.05) is 24.6 Å². The first-order valence-electron chi connectivity index (χ1n) is 7.77. The first kappa shape index (κ1) is 13.0. The molecular formula is C17H21NO3. The number of amides is 1. The Bertz CT molecular complexity index is 600. The van der Waals surface area contributed by atoms with E-state index in [-0.39, 0.29) is 23.3 Å². The molecule has 0 radical (unpaired) electrons. The normalized spacial score (nSPS) is 33.8. The van der Waals surface area contributed by atoms with Gasteiger partial charge in [-0.05, 0) is 31.7 Å². The SMILES string of the molecule is COc1cccc2c1OC1CCCC3C(=O)N(C)CCC213. The average molecular weight is 287 g/mol. The molecule has 3 atom stereocenters. The minimum absolute atomic E-state index is 0.0587. The molecule has 3 aliphatic rings. The van der Waals surface area contributed by atoms with Crippen molar-refractivity contribution in [3.05, 3.63) is 23.8 Å². The van der Waals surface area contributed by atoms with Crippen LogP contribution in [0.5, 0.6) is 11.5 Å². The van der Waals surface area contributed by atoms with E-state index in [4.69, 9.17) is 9.47 Å². The van der Waals surface area contributed by atoms with Crippen LogP contribution in [0.15, 0.2) is 18.2 Å². The van der Waals surface area contributed by atoms with Crippen LogP contribution in [0.2, 0.25) is 0 Å². The van der Waals surface area contributed by atoms with E-state index in [0.29, 0.717) is 0 Å². The van der Waals surface area contributed by atoms with Crippen molar-refractivity contribution in [1.82, 2.24) is 4.90 Å². The number of hydrogen-bond donors (Lipinski definition) is 0. The number of piperidine rings is 1. The van der Waals surface area contributed by atoms with Gasteiger partial charge in [0.15, 0.2) is 11.5 Å². The van der Waals surface area contributed by atoms with E-state index in [1.54, 1.807) is 7.11 Å². The van der Waals surface area contributed by atoms with Gasteiger partial charge in [-0.15, -0.1) is 0 Å². The molecule has 0 bridgehead atoms. The lowest BCUT2D eigenvalue weighted by Crippen LogP contribution is -2.58. The fourth-order valence-electron chi connectivity index (χ4n) is 4.62. The Kier molecular flexibility index (Phi) is 2.72. The van der Waals surface area contributed by atoms with Gasteiger partial charge in [0.25, 0.3) is 0 Å². The second-order valence-corrected chi connectivity index (χ2v) is 6.48. The van der Waals surface area contributed by atoms with E-state index in [2.05, 4.69) is 6.07 Å². The lowest BCUT2D eigenvalue weighted by molar-refractivity contribution is -0.145. The van der Waals surface area contributed by atoms with Crippen molar-refractivity contribution in [2.45, 2.75) is 37.2 Å². The third-order valence-electron chi connectivity index (χ3n) is 5.65. The summed E-state index contributed by atoms with van der Waals surface area (Å²) in [6, 6.07) is 6.10. The van der Waals surface area contributed by atoms with Gasteiger partial charge in [-0.25, -0.2) is 0 Å². The molecule has 1 aromatic rings. The molecule has 4 rings (SSSR count). The van der Waals surface area contributed by atoms with E-state index in [1.165, 1.54) is 5.56 Å². The lowest BCUT2D eigenvalue weighted by Gasteiger charge is -2.49. The maximum atomic E-state index is 12.7. The number of hydrogen-bond acceptors (Lipinski definition) is 3. The smallest absolute Gasteiger partial charge is 0.226 e. The molecule has 2 heterocycles. The van der Waals surface area contributed by atoms with Crippen molar-refractivity contribution in [3.8, 4) is 11.5 Å². The van der Waals surface area contributed by atoms with Gasteiger partial charge < -0.3 is 14.4 Å². The van der Waals surface area contributed by atoms with Crippen LogP contribution >= 0.6 is 0 Å². The van der Waals surface area contributed by atoms with E-state index >= 15 is 0 Å². The van der Waals surface area contributed by atoms with Crippen LogP contribution in [0.4, 0.5) is 0 Å². The summed E-state index contributed by atoms with van der Waals surface area (Å²) in [5.74, 6) is 2.00. The monoisotopic (exact) mass is 287 g/mol. The number of carbonyl (C=O) groups excluding carboxylic acids is 1.